The lowest BCUT2D eigenvalue weighted by molar-refractivity contribution is -0.132. The summed E-state index contributed by atoms with van der Waals surface area (Å²) in [4.78, 5) is 14.7. The molecule has 2 aromatic rings. The number of aromatic hydroxyl groups is 1. The average molecular weight is 341 g/mol. The number of carbonyl (C=O) groups is 1. The van der Waals surface area contributed by atoms with Gasteiger partial charge in [-0.05, 0) is 18.6 Å². The van der Waals surface area contributed by atoms with E-state index >= 15 is 0 Å². The number of fused-ring (bicyclic) bond motifs is 1. The van der Waals surface area contributed by atoms with Gasteiger partial charge < -0.3 is 29.3 Å². The topological polar surface area (TPSA) is 88.5 Å². The largest absolute Gasteiger partial charge is 0.507 e. The lowest BCUT2D eigenvalue weighted by atomic mass is 9.86. The molecule has 25 heavy (non-hydrogen) atoms. The third-order valence-electron chi connectivity index (χ3n) is 4.88. The van der Waals surface area contributed by atoms with Crippen LogP contribution in [-0.4, -0.2) is 36.1 Å². The Morgan fingerprint density at radius 3 is 2.68 bits per heavy atom. The third-order valence-corrected chi connectivity index (χ3v) is 4.88. The van der Waals surface area contributed by atoms with E-state index in [-0.39, 0.29) is 18.1 Å². The van der Waals surface area contributed by atoms with E-state index in [4.69, 9.17) is 14.2 Å². The zero-order chi connectivity index (χ0) is 17.2. The van der Waals surface area contributed by atoms with Crippen molar-refractivity contribution in [1.82, 2.24) is 0 Å². The molecule has 1 unspecified atom stereocenters. The van der Waals surface area contributed by atoms with Crippen molar-refractivity contribution in [3.8, 4) is 23.0 Å². The number of rotatable bonds is 1. The van der Waals surface area contributed by atoms with Gasteiger partial charge in [-0.25, -0.2) is 0 Å². The van der Waals surface area contributed by atoms with Gasteiger partial charge in [-0.3, -0.25) is 4.79 Å². The quantitative estimate of drug-likeness (QED) is 0.817. The van der Waals surface area contributed by atoms with Gasteiger partial charge in [0.1, 0.15) is 11.5 Å². The molecular weight excluding hydrogens is 326 g/mol. The molecule has 0 aromatic heterocycles. The molecule has 0 radical (unpaired) electrons. The van der Waals surface area contributed by atoms with Crippen molar-refractivity contribution in [2.75, 3.05) is 24.8 Å². The van der Waals surface area contributed by atoms with Crippen LogP contribution in [0.1, 0.15) is 17.5 Å². The standard InChI is InChI=1S/C18H15NO6/c20-12-8-15-14(24-9-25-15)7-11(12)18(22)10-3-1-4-13-16(10)19(17(18)21)5-2-6-23-13/h1,3-4,7-8,20,22H,2,5-6,9H2. The number of para-hydroxylation sites is 1. The molecule has 2 aromatic carbocycles. The number of phenolic OH excluding ortho intramolecular Hbond substituents is 1. The molecule has 7 nitrogen and oxygen atoms in total. The molecule has 0 spiro atoms. The summed E-state index contributed by atoms with van der Waals surface area (Å²) in [6.07, 6.45) is 0.656. The molecule has 2 N–H and O–H groups in total. The lowest BCUT2D eigenvalue weighted by Crippen LogP contribution is -2.41. The highest BCUT2D eigenvalue weighted by molar-refractivity contribution is 6.11. The maximum absolute atomic E-state index is 13.1. The summed E-state index contributed by atoms with van der Waals surface area (Å²) in [7, 11) is 0. The molecule has 3 aliphatic rings. The van der Waals surface area contributed by atoms with E-state index in [0.29, 0.717) is 48.1 Å². The van der Waals surface area contributed by atoms with Gasteiger partial charge in [0.2, 0.25) is 12.4 Å². The van der Waals surface area contributed by atoms with Crippen molar-refractivity contribution in [2.45, 2.75) is 12.0 Å². The van der Waals surface area contributed by atoms with E-state index in [0.717, 1.165) is 0 Å². The van der Waals surface area contributed by atoms with E-state index in [1.54, 1.807) is 18.2 Å². The Labute approximate surface area is 143 Å². The number of benzene rings is 2. The van der Waals surface area contributed by atoms with Crippen LogP contribution in [0.4, 0.5) is 5.69 Å². The van der Waals surface area contributed by atoms with Crippen LogP contribution < -0.4 is 19.1 Å². The Bertz CT molecular complexity index is 911. The SMILES string of the molecule is O=C1N2CCCOc3cccc(c32)C1(O)c1cc2c(cc1O)OCO2. The number of phenols is 1. The predicted molar refractivity (Wildman–Crippen MR) is 86.1 cm³/mol. The van der Waals surface area contributed by atoms with Crippen molar-refractivity contribution in [2.24, 2.45) is 0 Å². The normalized spacial score (nSPS) is 23.2. The summed E-state index contributed by atoms with van der Waals surface area (Å²) < 4.78 is 16.3. The molecule has 0 saturated carbocycles. The zero-order valence-corrected chi connectivity index (χ0v) is 13.2. The Kier molecular flexibility index (Phi) is 2.77. The summed E-state index contributed by atoms with van der Waals surface area (Å²) in [6, 6.07) is 8.00. The van der Waals surface area contributed by atoms with Crippen LogP contribution in [0.25, 0.3) is 0 Å². The summed E-state index contributed by atoms with van der Waals surface area (Å²) in [6.45, 7) is 0.982. The maximum atomic E-state index is 13.1. The maximum Gasteiger partial charge on any atom is 0.268 e. The van der Waals surface area contributed by atoms with Gasteiger partial charge in [-0.15, -0.1) is 0 Å². The van der Waals surface area contributed by atoms with E-state index in [9.17, 15) is 15.0 Å². The summed E-state index contributed by atoms with van der Waals surface area (Å²) in [5.41, 5.74) is -0.976. The number of anilines is 1. The number of amides is 1. The number of hydrogen-bond donors (Lipinski definition) is 2. The first kappa shape index (κ1) is 14.4. The smallest absolute Gasteiger partial charge is 0.268 e. The van der Waals surface area contributed by atoms with Crippen LogP contribution in [0.2, 0.25) is 0 Å². The van der Waals surface area contributed by atoms with Gasteiger partial charge in [0.15, 0.2) is 11.5 Å². The molecule has 0 saturated heterocycles. The van der Waals surface area contributed by atoms with E-state index in [2.05, 4.69) is 0 Å². The molecule has 1 amide bonds. The molecule has 128 valence electrons. The number of aliphatic hydroxyl groups is 1. The lowest BCUT2D eigenvalue weighted by Gasteiger charge is -2.24. The summed E-state index contributed by atoms with van der Waals surface area (Å²) in [5, 5.41) is 21.9. The molecule has 7 heteroatoms. The van der Waals surface area contributed by atoms with Crippen LogP contribution in [0, 0.1) is 0 Å². The van der Waals surface area contributed by atoms with Gasteiger partial charge in [0.05, 0.1) is 12.3 Å². The van der Waals surface area contributed by atoms with E-state index in [1.165, 1.54) is 17.0 Å². The van der Waals surface area contributed by atoms with Gasteiger partial charge >= 0.3 is 0 Å². The number of ether oxygens (including phenoxy) is 3. The highest BCUT2D eigenvalue weighted by Crippen LogP contribution is 2.53. The van der Waals surface area contributed by atoms with E-state index < -0.39 is 11.5 Å². The van der Waals surface area contributed by atoms with Crippen LogP contribution in [-0.2, 0) is 10.4 Å². The first-order valence-corrected chi connectivity index (χ1v) is 8.04. The Morgan fingerprint density at radius 2 is 1.84 bits per heavy atom. The highest BCUT2D eigenvalue weighted by Gasteiger charge is 2.54. The first-order chi connectivity index (χ1) is 12.1. The fourth-order valence-electron chi connectivity index (χ4n) is 3.72. The monoisotopic (exact) mass is 341 g/mol. The summed E-state index contributed by atoms with van der Waals surface area (Å²) in [5.74, 6) is 0.588. The number of carbonyl (C=O) groups excluding carboxylic acids is 1. The fourth-order valence-corrected chi connectivity index (χ4v) is 3.72. The third kappa shape index (κ3) is 1.76. The molecule has 5 rings (SSSR count). The van der Waals surface area contributed by atoms with E-state index in [1.807, 2.05) is 0 Å². The zero-order valence-electron chi connectivity index (χ0n) is 13.2. The van der Waals surface area contributed by atoms with Gasteiger partial charge in [0, 0.05) is 23.7 Å². The Morgan fingerprint density at radius 1 is 1.04 bits per heavy atom. The first-order valence-electron chi connectivity index (χ1n) is 8.04. The molecule has 3 heterocycles. The fraction of sp³-hybridized carbons (Fsp3) is 0.278. The highest BCUT2D eigenvalue weighted by atomic mass is 16.7. The van der Waals surface area contributed by atoms with Crippen LogP contribution >= 0.6 is 0 Å². The number of hydrogen-bond acceptors (Lipinski definition) is 6. The van der Waals surface area contributed by atoms with Crippen LogP contribution in [0.3, 0.4) is 0 Å². The molecule has 0 bridgehead atoms. The molecule has 1 atom stereocenters. The second-order valence-corrected chi connectivity index (χ2v) is 6.24. The molecule has 0 aliphatic carbocycles. The van der Waals surface area contributed by atoms with Gasteiger partial charge in [-0.1, -0.05) is 12.1 Å². The van der Waals surface area contributed by atoms with Crippen molar-refractivity contribution in [1.29, 1.82) is 0 Å². The summed E-state index contributed by atoms with van der Waals surface area (Å²) >= 11 is 0. The van der Waals surface area contributed by atoms with Crippen molar-refractivity contribution >= 4 is 11.6 Å². The number of nitrogens with zero attached hydrogens (tertiary/aromatic N) is 1. The Balaban J connectivity index is 1.77. The van der Waals surface area contributed by atoms with Crippen molar-refractivity contribution in [3.63, 3.8) is 0 Å². The van der Waals surface area contributed by atoms with Crippen LogP contribution in [0.15, 0.2) is 30.3 Å². The molecule has 0 fully saturated rings. The minimum Gasteiger partial charge on any atom is -0.507 e. The second kappa shape index (κ2) is 4.80. The van der Waals surface area contributed by atoms with Gasteiger partial charge in [-0.2, -0.15) is 0 Å². The van der Waals surface area contributed by atoms with Gasteiger partial charge in [0.25, 0.3) is 5.91 Å². The van der Waals surface area contributed by atoms with Crippen molar-refractivity contribution in [3.05, 3.63) is 41.5 Å². The van der Waals surface area contributed by atoms with Crippen LogP contribution in [0.5, 0.6) is 23.0 Å². The minimum atomic E-state index is -2.00. The average Bonchev–Trinajstić information content (AvgIpc) is 3.05. The predicted octanol–water partition coefficient (Wildman–Crippen LogP) is 1.49. The molecule has 3 aliphatic heterocycles. The van der Waals surface area contributed by atoms with Crippen molar-refractivity contribution < 1.29 is 29.2 Å². The molecular formula is C18H15NO6. The minimum absolute atomic E-state index is 0.0330. The Hall–Kier alpha value is -2.93. The second-order valence-electron chi connectivity index (χ2n) is 6.24.